The van der Waals surface area contributed by atoms with E-state index in [0.717, 1.165) is 9.65 Å². The fourth-order valence-corrected chi connectivity index (χ4v) is 4.86. The Morgan fingerprint density at radius 1 is 1.29 bits per heavy atom. The van der Waals surface area contributed by atoms with Crippen molar-refractivity contribution >= 4 is 42.3 Å². The number of ether oxygens (including phenoxy) is 1. The summed E-state index contributed by atoms with van der Waals surface area (Å²) in [7, 11) is 1.49. The summed E-state index contributed by atoms with van der Waals surface area (Å²) < 4.78 is 8.69. The fraction of sp³-hybridized carbons (Fsp3) is 0.0714. The summed E-state index contributed by atoms with van der Waals surface area (Å²) in [6, 6.07) is 12.7. The van der Waals surface area contributed by atoms with Gasteiger partial charge in [-0.2, -0.15) is 0 Å². The van der Waals surface area contributed by atoms with Crippen molar-refractivity contribution in [2.45, 2.75) is 0 Å². The molecule has 0 fully saturated rings. The molecule has 1 aromatic heterocycles. The van der Waals surface area contributed by atoms with Gasteiger partial charge >= 0.3 is 131 Å². The van der Waals surface area contributed by atoms with Crippen molar-refractivity contribution in [2.75, 3.05) is 7.11 Å². The minimum atomic E-state index is -0.403. The van der Waals surface area contributed by atoms with Crippen LogP contribution in [0.4, 0.5) is 5.69 Å². The van der Waals surface area contributed by atoms with Crippen molar-refractivity contribution in [3.05, 3.63) is 57.2 Å². The first-order valence-electron chi connectivity index (χ1n) is 6.05. The van der Waals surface area contributed by atoms with Gasteiger partial charge in [0.1, 0.15) is 0 Å². The Kier molecular flexibility index (Phi) is 3.63. The average Bonchev–Trinajstić information content (AvgIpc) is 2.84. The van der Waals surface area contributed by atoms with E-state index in [4.69, 9.17) is 17.0 Å². The summed E-state index contributed by atoms with van der Waals surface area (Å²) >= 11 is 5.38. The molecule has 2 aromatic carbocycles. The summed E-state index contributed by atoms with van der Waals surface area (Å²) in [5.41, 5.74) is 0.522. The Hall–Kier alpha value is -1.95. The summed E-state index contributed by atoms with van der Waals surface area (Å²) in [6.45, 7) is 0. The molecule has 1 heterocycles. The van der Waals surface area contributed by atoms with Gasteiger partial charge in [-0.1, -0.05) is 0 Å². The Morgan fingerprint density at radius 2 is 2.05 bits per heavy atom. The molecule has 0 amide bonds. The number of fused-ring (bicyclic) bond motifs is 1. The molecule has 3 rings (SSSR count). The van der Waals surface area contributed by atoms with Crippen LogP contribution in [0.1, 0.15) is 0 Å². The second kappa shape index (κ2) is 5.44. The number of nitrogens with zero attached hydrogens (tertiary/aromatic N) is 2. The first-order valence-corrected chi connectivity index (χ1v) is 8.09. The van der Waals surface area contributed by atoms with Gasteiger partial charge in [-0.25, -0.2) is 0 Å². The van der Waals surface area contributed by atoms with E-state index >= 15 is 0 Å². The van der Waals surface area contributed by atoms with E-state index in [1.54, 1.807) is 12.1 Å². The van der Waals surface area contributed by atoms with Gasteiger partial charge in [-0.05, 0) is 0 Å². The molecule has 0 saturated carbocycles. The molecule has 21 heavy (non-hydrogen) atoms. The Bertz CT molecular complexity index is 901. The first-order chi connectivity index (χ1) is 10.1. The summed E-state index contributed by atoms with van der Waals surface area (Å²) in [4.78, 5) is 10.9. The normalized spacial score (nSPS) is 10.7. The zero-order valence-electron chi connectivity index (χ0n) is 11.0. The third kappa shape index (κ3) is 2.40. The molecule has 0 saturated heterocycles. The topological polar surface area (TPSA) is 57.3 Å². The van der Waals surface area contributed by atoms with Crippen LogP contribution in [0.25, 0.3) is 15.3 Å². The molecule has 0 unspecified atom stereocenters. The maximum absolute atomic E-state index is 11.3. The van der Waals surface area contributed by atoms with Crippen molar-refractivity contribution in [3.63, 3.8) is 0 Å². The van der Waals surface area contributed by atoms with E-state index in [-0.39, 0.29) is 20.4 Å². The second-order valence-electron chi connectivity index (χ2n) is 4.30. The van der Waals surface area contributed by atoms with E-state index in [0.29, 0.717) is 16.1 Å². The predicted octanol–water partition coefficient (Wildman–Crippen LogP) is 3.33. The van der Waals surface area contributed by atoms with Gasteiger partial charge in [0.2, 0.25) is 0 Å². The molecule has 0 radical (unpaired) electrons. The fourth-order valence-electron chi connectivity index (χ4n) is 2.08. The van der Waals surface area contributed by atoms with Gasteiger partial charge in [0.25, 0.3) is 0 Å². The van der Waals surface area contributed by atoms with Crippen molar-refractivity contribution in [1.82, 2.24) is 3.56 Å². The zero-order valence-corrected chi connectivity index (χ0v) is 13.5. The third-order valence-electron chi connectivity index (χ3n) is 3.09. The Balaban J connectivity index is 2.30. The SMILES string of the molecule is COc1ccc(-n2[se]c3ccccc3c2=S)c([N+](=O)[O-])c1. The monoisotopic (exact) mass is 366 g/mol. The van der Waals surface area contributed by atoms with E-state index in [9.17, 15) is 10.1 Å². The van der Waals surface area contributed by atoms with Crippen LogP contribution >= 0.6 is 12.2 Å². The van der Waals surface area contributed by atoms with Crippen molar-refractivity contribution in [2.24, 2.45) is 0 Å². The van der Waals surface area contributed by atoms with E-state index in [2.05, 4.69) is 0 Å². The summed E-state index contributed by atoms with van der Waals surface area (Å²) in [6.07, 6.45) is 0. The molecule has 0 spiro atoms. The van der Waals surface area contributed by atoms with Crippen LogP contribution in [0.2, 0.25) is 0 Å². The van der Waals surface area contributed by atoms with E-state index in [1.807, 2.05) is 27.8 Å². The molecule has 5 nitrogen and oxygen atoms in total. The number of benzene rings is 2. The molecule has 0 N–H and O–H groups in total. The molecule has 0 aliphatic rings. The molecule has 0 aliphatic heterocycles. The number of rotatable bonds is 3. The minimum absolute atomic E-state index is 0.00591. The van der Waals surface area contributed by atoms with Gasteiger partial charge in [-0.15, -0.1) is 0 Å². The second-order valence-corrected chi connectivity index (χ2v) is 6.76. The molecule has 0 bridgehead atoms. The van der Waals surface area contributed by atoms with E-state index in [1.165, 1.54) is 13.2 Å². The first kappa shape index (κ1) is 14.0. The molecule has 3 aromatic rings. The number of hydrogen-bond donors (Lipinski definition) is 0. The standard InChI is InChI=1S/C14H10N2O3SSe/c1-19-9-6-7-11(12(8-9)16(17)18)15-14(20)10-4-2-3-5-13(10)21-15/h2-8H,1H3. The van der Waals surface area contributed by atoms with Crippen molar-refractivity contribution in [3.8, 4) is 11.4 Å². The number of nitro groups is 1. The third-order valence-corrected chi connectivity index (χ3v) is 6.09. The number of nitro benzene ring substituents is 1. The summed E-state index contributed by atoms with van der Waals surface area (Å²) in [5.74, 6) is 0.459. The van der Waals surface area contributed by atoms with Crippen LogP contribution in [0, 0.1) is 14.8 Å². The number of methoxy groups -OCH3 is 1. The molecular formula is C14H10N2O3SSe. The number of hydrogen-bond acceptors (Lipinski definition) is 4. The van der Waals surface area contributed by atoms with E-state index < -0.39 is 4.92 Å². The quantitative estimate of drug-likeness (QED) is 0.309. The molecule has 106 valence electrons. The van der Waals surface area contributed by atoms with Crippen molar-refractivity contribution < 1.29 is 9.66 Å². The van der Waals surface area contributed by atoms with Gasteiger partial charge < -0.3 is 0 Å². The Morgan fingerprint density at radius 3 is 2.71 bits per heavy atom. The van der Waals surface area contributed by atoms with Crippen LogP contribution in [0.15, 0.2) is 42.5 Å². The van der Waals surface area contributed by atoms with Gasteiger partial charge in [-0.3, -0.25) is 0 Å². The molecule has 0 atom stereocenters. The van der Waals surface area contributed by atoms with Gasteiger partial charge in [0.15, 0.2) is 0 Å². The average molecular weight is 365 g/mol. The van der Waals surface area contributed by atoms with Crippen LogP contribution in [-0.4, -0.2) is 30.3 Å². The van der Waals surface area contributed by atoms with Crippen LogP contribution in [-0.2, 0) is 0 Å². The van der Waals surface area contributed by atoms with Gasteiger partial charge in [0.05, 0.1) is 0 Å². The van der Waals surface area contributed by atoms with Crippen LogP contribution in [0.5, 0.6) is 5.75 Å². The van der Waals surface area contributed by atoms with Crippen LogP contribution < -0.4 is 4.74 Å². The predicted molar refractivity (Wildman–Crippen MR) is 84.3 cm³/mol. The molecular weight excluding hydrogens is 355 g/mol. The maximum atomic E-state index is 11.3. The number of aromatic nitrogens is 1. The van der Waals surface area contributed by atoms with Crippen molar-refractivity contribution in [1.29, 1.82) is 0 Å². The molecule has 0 aliphatic carbocycles. The zero-order chi connectivity index (χ0) is 15.0. The van der Waals surface area contributed by atoms with Gasteiger partial charge in [0, 0.05) is 0 Å². The Labute approximate surface area is 131 Å². The summed E-state index contributed by atoms with van der Waals surface area (Å²) in [5, 5.41) is 12.3. The molecule has 7 heteroatoms. The van der Waals surface area contributed by atoms with Crippen LogP contribution in [0.3, 0.4) is 0 Å².